The highest BCUT2D eigenvalue weighted by molar-refractivity contribution is 7.99. The maximum atomic E-state index is 12.9. The van der Waals surface area contributed by atoms with Crippen LogP contribution in [-0.4, -0.2) is 61.4 Å². The van der Waals surface area contributed by atoms with E-state index in [9.17, 15) is 13.2 Å². The van der Waals surface area contributed by atoms with E-state index in [1.165, 1.54) is 16.6 Å². The third kappa shape index (κ3) is 4.70. The Kier molecular flexibility index (Phi) is 6.49. The van der Waals surface area contributed by atoms with Gasteiger partial charge in [-0.3, -0.25) is 4.79 Å². The Bertz CT molecular complexity index is 1050. The van der Waals surface area contributed by atoms with Crippen molar-refractivity contribution in [3.63, 3.8) is 0 Å². The van der Waals surface area contributed by atoms with Crippen LogP contribution in [0.1, 0.15) is 35.9 Å². The molecule has 0 saturated carbocycles. The Balaban J connectivity index is 1.51. The average Bonchev–Trinajstić information content (AvgIpc) is 3.29. The number of H-pyrrole nitrogens is 1. The van der Waals surface area contributed by atoms with Gasteiger partial charge in [-0.1, -0.05) is 19.9 Å². The molecule has 168 valence electrons. The first kappa shape index (κ1) is 22.0. The average molecular weight is 466 g/mol. The monoisotopic (exact) mass is 465 g/mol. The minimum Gasteiger partial charge on any atom is -0.486 e. The minimum absolute atomic E-state index is 0.107. The Morgan fingerprint density at radius 3 is 2.55 bits per heavy atom. The van der Waals surface area contributed by atoms with Crippen LogP contribution in [0.25, 0.3) is 0 Å². The van der Waals surface area contributed by atoms with E-state index in [0.717, 1.165) is 17.1 Å². The van der Waals surface area contributed by atoms with Crippen molar-refractivity contribution in [2.75, 3.05) is 37.8 Å². The summed E-state index contributed by atoms with van der Waals surface area (Å²) in [5.41, 5.74) is 1.12. The largest absolute Gasteiger partial charge is 0.486 e. The van der Waals surface area contributed by atoms with Crippen molar-refractivity contribution >= 4 is 27.7 Å². The molecule has 31 heavy (non-hydrogen) atoms. The predicted octanol–water partition coefficient (Wildman–Crippen LogP) is 2.65. The molecular weight excluding hydrogens is 438 g/mol. The molecule has 1 fully saturated rings. The number of hydrogen-bond acceptors (Lipinski definition) is 6. The summed E-state index contributed by atoms with van der Waals surface area (Å²) in [6.45, 7) is 6.01. The SMILES string of the molecule is CC(C)C(NC(=O)c1cc(S(=O)(=O)N2CCSCC2)c[nH]1)c1ccc2c(c1)OCCO2. The molecule has 0 radical (unpaired) electrons. The molecule has 1 aromatic carbocycles. The molecule has 2 N–H and O–H groups in total. The molecule has 2 aliphatic rings. The number of ether oxygens (including phenoxy) is 2. The second-order valence-corrected chi connectivity index (χ2v) is 11.0. The van der Waals surface area contributed by atoms with E-state index in [0.29, 0.717) is 37.8 Å². The van der Waals surface area contributed by atoms with Crippen LogP contribution >= 0.6 is 11.8 Å². The van der Waals surface area contributed by atoms with Crippen LogP contribution in [-0.2, 0) is 10.0 Å². The summed E-state index contributed by atoms with van der Waals surface area (Å²) in [6.07, 6.45) is 1.39. The highest BCUT2D eigenvalue weighted by Gasteiger charge is 2.29. The Morgan fingerprint density at radius 2 is 1.84 bits per heavy atom. The summed E-state index contributed by atoms with van der Waals surface area (Å²) in [4.78, 5) is 15.9. The molecule has 2 aromatic rings. The number of sulfonamides is 1. The second-order valence-electron chi connectivity index (χ2n) is 7.86. The number of carbonyl (C=O) groups excluding carboxylic acids is 1. The predicted molar refractivity (Wildman–Crippen MR) is 119 cm³/mol. The van der Waals surface area contributed by atoms with Crippen LogP contribution in [0, 0.1) is 5.92 Å². The lowest BCUT2D eigenvalue weighted by Crippen LogP contribution is -2.37. The molecule has 1 amide bonds. The van der Waals surface area contributed by atoms with Gasteiger partial charge in [0.25, 0.3) is 5.91 Å². The van der Waals surface area contributed by atoms with Crippen molar-refractivity contribution in [1.29, 1.82) is 0 Å². The van der Waals surface area contributed by atoms with Gasteiger partial charge in [-0.2, -0.15) is 16.1 Å². The number of rotatable bonds is 6. The van der Waals surface area contributed by atoms with E-state index in [1.807, 2.05) is 32.0 Å². The number of fused-ring (bicyclic) bond motifs is 1. The lowest BCUT2D eigenvalue weighted by Gasteiger charge is -2.25. The fraction of sp³-hybridized carbons (Fsp3) is 0.476. The standard InChI is InChI=1S/C21H27N3O5S2/c1-14(2)20(15-3-4-18-19(11-15)29-8-7-28-18)23-21(25)17-12-16(13-22-17)31(26,27)24-5-9-30-10-6-24/h3-4,11-14,20,22H,5-10H2,1-2H3,(H,23,25). The molecule has 3 heterocycles. The first-order valence-corrected chi connectivity index (χ1v) is 12.9. The molecule has 1 unspecified atom stereocenters. The van der Waals surface area contributed by atoms with E-state index in [1.54, 1.807) is 11.8 Å². The molecule has 0 aliphatic carbocycles. The second kappa shape index (κ2) is 9.13. The zero-order valence-electron chi connectivity index (χ0n) is 17.6. The van der Waals surface area contributed by atoms with E-state index in [-0.39, 0.29) is 28.5 Å². The Morgan fingerprint density at radius 1 is 1.13 bits per heavy atom. The van der Waals surface area contributed by atoms with Crippen LogP contribution in [0.4, 0.5) is 0 Å². The topological polar surface area (TPSA) is 101 Å². The van der Waals surface area contributed by atoms with Gasteiger partial charge in [0.15, 0.2) is 11.5 Å². The number of nitrogens with one attached hydrogen (secondary N) is 2. The summed E-state index contributed by atoms with van der Waals surface area (Å²) in [6, 6.07) is 6.79. The number of amides is 1. The van der Waals surface area contributed by atoms with Crippen LogP contribution in [0.3, 0.4) is 0 Å². The van der Waals surface area contributed by atoms with Gasteiger partial charge >= 0.3 is 0 Å². The highest BCUT2D eigenvalue weighted by Crippen LogP contribution is 2.34. The smallest absolute Gasteiger partial charge is 0.268 e. The molecule has 0 spiro atoms. The summed E-state index contributed by atoms with van der Waals surface area (Å²) < 4.78 is 38.4. The number of nitrogens with zero attached hydrogens (tertiary/aromatic N) is 1. The first-order valence-electron chi connectivity index (χ1n) is 10.3. The number of aromatic nitrogens is 1. The normalized spacial score (nSPS) is 18.0. The minimum atomic E-state index is -3.60. The zero-order chi connectivity index (χ0) is 22.0. The van der Waals surface area contributed by atoms with Gasteiger partial charge in [0, 0.05) is 30.8 Å². The lowest BCUT2D eigenvalue weighted by molar-refractivity contribution is 0.0921. The third-order valence-corrected chi connectivity index (χ3v) is 8.21. The maximum Gasteiger partial charge on any atom is 0.268 e. The van der Waals surface area contributed by atoms with Crippen LogP contribution < -0.4 is 14.8 Å². The lowest BCUT2D eigenvalue weighted by atomic mass is 9.95. The van der Waals surface area contributed by atoms with Gasteiger partial charge in [-0.15, -0.1) is 0 Å². The summed E-state index contributed by atoms with van der Waals surface area (Å²) in [7, 11) is -3.60. The van der Waals surface area contributed by atoms with Gasteiger partial charge in [-0.05, 0) is 29.7 Å². The van der Waals surface area contributed by atoms with E-state index in [4.69, 9.17) is 9.47 Å². The molecule has 8 nitrogen and oxygen atoms in total. The summed E-state index contributed by atoms with van der Waals surface area (Å²) >= 11 is 1.74. The zero-order valence-corrected chi connectivity index (χ0v) is 19.2. The van der Waals surface area contributed by atoms with Gasteiger partial charge < -0.3 is 19.8 Å². The Hall–Kier alpha value is -2.17. The quantitative estimate of drug-likeness (QED) is 0.680. The Labute approximate surface area is 186 Å². The molecule has 0 bridgehead atoms. The van der Waals surface area contributed by atoms with E-state index < -0.39 is 10.0 Å². The van der Waals surface area contributed by atoms with Crippen molar-refractivity contribution in [3.8, 4) is 11.5 Å². The number of hydrogen-bond donors (Lipinski definition) is 2. The molecule has 1 atom stereocenters. The van der Waals surface area contributed by atoms with Crippen LogP contribution in [0.15, 0.2) is 35.4 Å². The van der Waals surface area contributed by atoms with Crippen molar-refractivity contribution in [1.82, 2.24) is 14.6 Å². The molecule has 4 rings (SSSR count). The van der Waals surface area contributed by atoms with Crippen LogP contribution in [0.5, 0.6) is 11.5 Å². The number of carbonyl (C=O) groups is 1. The van der Waals surface area contributed by atoms with Crippen molar-refractivity contribution in [2.45, 2.75) is 24.8 Å². The van der Waals surface area contributed by atoms with Crippen molar-refractivity contribution in [3.05, 3.63) is 41.7 Å². The molecular formula is C21H27N3O5S2. The molecule has 1 aromatic heterocycles. The molecule has 1 saturated heterocycles. The van der Waals surface area contributed by atoms with Gasteiger partial charge in [0.2, 0.25) is 10.0 Å². The number of thioether (sulfide) groups is 1. The van der Waals surface area contributed by atoms with Crippen molar-refractivity contribution < 1.29 is 22.7 Å². The van der Waals surface area contributed by atoms with Gasteiger partial charge in [-0.25, -0.2) is 8.42 Å². The van der Waals surface area contributed by atoms with Crippen LogP contribution in [0.2, 0.25) is 0 Å². The van der Waals surface area contributed by atoms with Gasteiger partial charge in [0.05, 0.1) is 6.04 Å². The number of benzene rings is 1. The summed E-state index contributed by atoms with van der Waals surface area (Å²) in [5, 5.41) is 3.02. The third-order valence-electron chi connectivity index (χ3n) is 5.39. The van der Waals surface area contributed by atoms with E-state index >= 15 is 0 Å². The fourth-order valence-corrected chi connectivity index (χ4v) is 6.27. The van der Waals surface area contributed by atoms with E-state index in [2.05, 4.69) is 10.3 Å². The highest BCUT2D eigenvalue weighted by atomic mass is 32.2. The number of aromatic amines is 1. The molecule has 2 aliphatic heterocycles. The van der Waals surface area contributed by atoms with Gasteiger partial charge in [0.1, 0.15) is 23.8 Å². The van der Waals surface area contributed by atoms with Crippen molar-refractivity contribution in [2.24, 2.45) is 5.92 Å². The maximum absolute atomic E-state index is 12.9. The molecule has 10 heteroatoms. The fourth-order valence-electron chi connectivity index (χ4n) is 3.70. The summed E-state index contributed by atoms with van der Waals surface area (Å²) in [5.74, 6) is 2.67. The first-order chi connectivity index (χ1) is 14.9.